The number of pyridine rings is 1. The van der Waals surface area contributed by atoms with Crippen LogP contribution >= 0.6 is 0 Å². The summed E-state index contributed by atoms with van der Waals surface area (Å²) in [6.07, 6.45) is 4.74. The maximum Gasteiger partial charge on any atom is 0.408 e. The van der Waals surface area contributed by atoms with E-state index >= 15 is 0 Å². The molecule has 0 radical (unpaired) electrons. The van der Waals surface area contributed by atoms with Crippen molar-refractivity contribution in [1.82, 2.24) is 25.2 Å². The van der Waals surface area contributed by atoms with Crippen LogP contribution in [0.3, 0.4) is 0 Å². The van der Waals surface area contributed by atoms with Crippen LogP contribution < -0.4 is 15.1 Å². The molecule has 1 aromatic carbocycles. The third-order valence-corrected chi connectivity index (χ3v) is 6.96. The Morgan fingerprint density at radius 1 is 0.956 bits per heavy atom. The molecule has 1 N–H and O–H groups in total. The maximum atomic E-state index is 12.6. The molecule has 0 aliphatic carbocycles. The highest BCUT2D eigenvalue weighted by molar-refractivity contribution is 5.82. The average Bonchev–Trinajstić information content (AvgIpc) is 3.03. The molecule has 0 atom stereocenters. The molecule has 2 amide bonds. The van der Waals surface area contributed by atoms with Gasteiger partial charge in [-0.15, -0.1) is 0 Å². The van der Waals surface area contributed by atoms with Crippen molar-refractivity contribution in [3.8, 4) is 11.1 Å². The molecule has 13 nitrogen and oxygen atoms in total. The van der Waals surface area contributed by atoms with Gasteiger partial charge in [0.25, 0.3) is 0 Å². The average molecular weight is 620 g/mol. The molecule has 3 aromatic rings. The van der Waals surface area contributed by atoms with E-state index in [4.69, 9.17) is 9.47 Å². The number of hydrogen-bond donors (Lipinski definition) is 1. The summed E-state index contributed by atoms with van der Waals surface area (Å²) in [4.78, 5) is 55.6. The first-order valence-electron chi connectivity index (χ1n) is 14.7. The minimum Gasteiger partial charge on any atom is -0.467 e. The van der Waals surface area contributed by atoms with E-state index < -0.39 is 17.7 Å². The van der Waals surface area contributed by atoms with Gasteiger partial charge in [0.15, 0.2) is 0 Å². The number of ether oxygens (including phenoxy) is 3. The zero-order valence-corrected chi connectivity index (χ0v) is 26.5. The van der Waals surface area contributed by atoms with Gasteiger partial charge in [-0.25, -0.2) is 24.5 Å². The topological polar surface area (TPSA) is 139 Å². The molecule has 1 aliphatic rings. The van der Waals surface area contributed by atoms with Crippen LogP contribution in [-0.2, 0) is 37.0 Å². The van der Waals surface area contributed by atoms with E-state index in [0.717, 1.165) is 54.3 Å². The number of methoxy groups -OCH3 is 1. The number of rotatable bonds is 11. The van der Waals surface area contributed by atoms with Gasteiger partial charge < -0.3 is 34.2 Å². The second-order valence-corrected chi connectivity index (χ2v) is 11.6. The maximum absolute atomic E-state index is 12.6. The second kappa shape index (κ2) is 15.3. The molecule has 240 valence electrons. The summed E-state index contributed by atoms with van der Waals surface area (Å²) in [7, 11) is 3.02. The van der Waals surface area contributed by atoms with E-state index in [-0.39, 0.29) is 25.7 Å². The standard InChI is InChI=1S/C32H41N7O6/c1-32(2,3)45-31(42)36-19-27(40)37(4)20-23-8-6-9-24(16-23)26-17-34-30(35-18-26)39-14-12-38(13-15-39)29-25(10-7-11-33-29)21-44-22-28(41)43-5/h6-11,16-18H,12-15,19-22H2,1-5H3,(H,36,42). The summed E-state index contributed by atoms with van der Waals surface area (Å²) >= 11 is 0. The first kappa shape index (κ1) is 33.1. The molecule has 1 aliphatic heterocycles. The Labute approximate surface area is 263 Å². The molecule has 0 bridgehead atoms. The van der Waals surface area contributed by atoms with Crippen molar-refractivity contribution in [3.05, 3.63) is 66.1 Å². The van der Waals surface area contributed by atoms with Crippen molar-refractivity contribution >= 4 is 29.7 Å². The van der Waals surface area contributed by atoms with E-state index in [1.807, 2.05) is 48.8 Å². The predicted molar refractivity (Wildman–Crippen MR) is 169 cm³/mol. The molecular weight excluding hydrogens is 578 g/mol. The molecule has 13 heteroatoms. The minimum absolute atomic E-state index is 0.109. The summed E-state index contributed by atoms with van der Waals surface area (Å²) in [5, 5.41) is 2.50. The van der Waals surface area contributed by atoms with Crippen LogP contribution in [-0.4, -0.2) is 96.9 Å². The lowest BCUT2D eigenvalue weighted by Gasteiger charge is -2.36. The van der Waals surface area contributed by atoms with Gasteiger partial charge in [-0.05, 0) is 44.0 Å². The molecule has 0 saturated carbocycles. The molecule has 45 heavy (non-hydrogen) atoms. The Bertz CT molecular complexity index is 1450. The monoisotopic (exact) mass is 619 g/mol. The van der Waals surface area contributed by atoms with E-state index in [2.05, 4.69) is 34.8 Å². The van der Waals surface area contributed by atoms with Crippen molar-refractivity contribution < 1.29 is 28.6 Å². The molecule has 4 rings (SSSR count). The lowest BCUT2D eigenvalue weighted by molar-refractivity contribution is -0.146. The van der Waals surface area contributed by atoms with Crippen LogP contribution in [0.25, 0.3) is 11.1 Å². The van der Waals surface area contributed by atoms with Crippen LogP contribution in [0.1, 0.15) is 31.9 Å². The van der Waals surface area contributed by atoms with Gasteiger partial charge in [-0.1, -0.05) is 24.3 Å². The van der Waals surface area contributed by atoms with Crippen LogP contribution in [0, 0.1) is 0 Å². The third-order valence-electron chi connectivity index (χ3n) is 6.96. The Morgan fingerprint density at radius 3 is 2.36 bits per heavy atom. The number of carbonyl (C=O) groups is 3. The smallest absolute Gasteiger partial charge is 0.408 e. The van der Waals surface area contributed by atoms with E-state index in [1.165, 1.54) is 7.11 Å². The zero-order valence-electron chi connectivity index (χ0n) is 26.5. The number of carbonyl (C=O) groups excluding carboxylic acids is 3. The molecule has 1 fully saturated rings. The lowest BCUT2D eigenvalue weighted by atomic mass is 10.1. The lowest BCUT2D eigenvalue weighted by Crippen LogP contribution is -2.47. The normalized spacial score (nSPS) is 13.3. The van der Waals surface area contributed by atoms with Crippen LogP contribution in [0.4, 0.5) is 16.6 Å². The SMILES string of the molecule is COC(=O)COCc1cccnc1N1CCN(c2ncc(-c3cccc(CN(C)C(=O)CNC(=O)OC(C)(C)C)c3)cn2)CC1. The fourth-order valence-electron chi connectivity index (χ4n) is 4.69. The quantitative estimate of drug-likeness (QED) is 0.317. The third kappa shape index (κ3) is 9.86. The van der Waals surface area contributed by atoms with E-state index in [1.54, 1.807) is 38.9 Å². The Hall–Kier alpha value is -4.78. The number of aromatic nitrogens is 3. The number of amides is 2. The largest absolute Gasteiger partial charge is 0.467 e. The van der Waals surface area contributed by atoms with Gasteiger partial charge in [0.2, 0.25) is 11.9 Å². The van der Waals surface area contributed by atoms with Crippen molar-refractivity contribution in [2.75, 3.05) is 63.3 Å². The van der Waals surface area contributed by atoms with Crippen molar-refractivity contribution in [2.45, 2.75) is 39.5 Å². The highest BCUT2D eigenvalue weighted by Gasteiger charge is 2.22. The fraction of sp³-hybridized carbons (Fsp3) is 0.438. The number of hydrogen-bond acceptors (Lipinski definition) is 11. The summed E-state index contributed by atoms with van der Waals surface area (Å²) < 4.78 is 15.3. The molecule has 1 saturated heterocycles. The van der Waals surface area contributed by atoms with Gasteiger partial charge >= 0.3 is 12.1 Å². The summed E-state index contributed by atoms with van der Waals surface area (Å²) in [6, 6.07) is 11.7. The Kier molecular flexibility index (Phi) is 11.3. The number of alkyl carbamates (subject to hydrolysis) is 1. The van der Waals surface area contributed by atoms with E-state index in [0.29, 0.717) is 12.5 Å². The summed E-state index contributed by atoms with van der Waals surface area (Å²) in [6.45, 7) is 8.58. The summed E-state index contributed by atoms with van der Waals surface area (Å²) in [5.41, 5.74) is 3.02. The number of nitrogens with one attached hydrogen (secondary N) is 1. The number of esters is 1. The predicted octanol–water partition coefficient (Wildman–Crippen LogP) is 3.04. The summed E-state index contributed by atoms with van der Waals surface area (Å²) in [5.74, 6) is 0.841. The first-order valence-corrected chi connectivity index (χ1v) is 14.7. The van der Waals surface area contributed by atoms with Crippen molar-refractivity contribution in [1.29, 1.82) is 0 Å². The molecular formula is C32H41N7O6. The fourth-order valence-corrected chi connectivity index (χ4v) is 4.69. The molecule has 0 spiro atoms. The minimum atomic E-state index is -0.633. The highest BCUT2D eigenvalue weighted by atomic mass is 16.6. The van der Waals surface area contributed by atoms with Gasteiger partial charge in [0, 0.05) is 69.5 Å². The Morgan fingerprint density at radius 2 is 1.67 bits per heavy atom. The van der Waals surface area contributed by atoms with Gasteiger partial charge in [-0.2, -0.15) is 0 Å². The van der Waals surface area contributed by atoms with Crippen molar-refractivity contribution in [2.24, 2.45) is 0 Å². The highest BCUT2D eigenvalue weighted by Crippen LogP contribution is 2.24. The van der Waals surface area contributed by atoms with Gasteiger partial charge in [-0.3, -0.25) is 4.79 Å². The van der Waals surface area contributed by atoms with Gasteiger partial charge in [0.1, 0.15) is 24.6 Å². The number of piperazine rings is 1. The second-order valence-electron chi connectivity index (χ2n) is 11.6. The van der Waals surface area contributed by atoms with Gasteiger partial charge in [0.05, 0.1) is 13.7 Å². The Balaban J connectivity index is 1.30. The number of benzene rings is 1. The zero-order chi connectivity index (χ0) is 32.4. The number of likely N-dealkylation sites (N-methyl/N-ethyl adjacent to an activating group) is 1. The number of anilines is 2. The van der Waals surface area contributed by atoms with Crippen molar-refractivity contribution in [3.63, 3.8) is 0 Å². The molecule has 2 aromatic heterocycles. The van der Waals surface area contributed by atoms with Crippen LogP contribution in [0.2, 0.25) is 0 Å². The van der Waals surface area contributed by atoms with Crippen LogP contribution in [0.15, 0.2) is 55.0 Å². The first-order chi connectivity index (χ1) is 21.5. The number of nitrogens with zero attached hydrogens (tertiary/aromatic N) is 6. The van der Waals surface area contributed by atoms with Crippen LogP contribution in [0.5, 0.6) is 0 Å². The van der Waals surface area contributed by atoms with E-state index in [9.17, 15) is 14.4 Å². The molecule has 3 heterocycles. The molecule has 0 unspecified atom stereocenters.